The summed E-state index contributed by atoms with van der Waals surface area (Å²) in [5.74, 6) is 1.52. The molecule has 0 atom stereocenters. The lowest BCUT2D eigenvalue weighted by Crippen LogP contribution is -2.15. The normalized spacial score (nSPS) is 14.4. The van der Waals surface area contributed by atoms with E-state index in [1.807, 2.05) is 36.4 Å². The Morgan fingerprint density at radius 3 is 1.14 bits per heavy atom. The number of benzene rings is 17. The van der Waals surface area contributed by atoms with Crippen molar-refractivity contribution in [1.82, 2.24) is 0 Å². The van der Waals surface area contributed by atoms with Crippen molar-refractivity contribution in [2.45, 2.75) is 156 Å². The topological polar surface area (TPSA) is 41.3 Å². The molecule has 5 heteroatoms. The largest absolute Gasteiger partial charge is 0.398 e. The van der Waals surface area contributed by atoms with Crippen LogP contribution in [0.25, 0.3) is 99.1 Å². The minimum atomic E-state index is -0.0188. The van der Waals surface area contributed by atoms with Gasteiger partial charge in [-0.05, 0) is 243 Å². The number of hydrogen-bond donors (Lipinski definition) is 2. The van der Waals surface area contributed by atoms with Gasteiger partial charge in [-0.2, -0.15) is 0 Å². The number of nitrogens with one attached hydrogen (secondary N) is 1. The van der Waals surface area contributed by atoms with Gasteiger partial charge in [-0.15, -0.1) is 0 Å². The van der Waals surface area contributed by atoms with Gasteiger partial charge in [-0.25, -0.2) is 0 Å². The molecule has 0 unspecified atom stereocenters. The molecule has 17 aromatic rings. The van der Waals surface area contributed by atoms with Crippen molar-refractivity contribution in [3.63, 3.8) is 0 Å². The maximum atomic E-state index is 6.12. The Hall–Kier alpha value is -12.1. The second-order valence-corrected chi connectivity index (χ2v) is 37.0. The van der Waals surface area contributed by atoms with E-state index in [2.05, 4.69) is 423 Å². The van der Waals surface area contributed by atoms with Crippen LogP contribution in [0.3, 0.4) is 0 Å². The van der Waals surface area contributed by atoms with Gasteiger partial charge in [0, 0.05) is 70.3 Å². The highest BCUT2D eigenvalue weighted by Gasteiger charge is 2.38. The van der Waals surface area contributed by atoms with Crippen LogP contribution < -0.4 is 16.0 Å². The molecule has 125 heavy (non-hydrogen) atoms. The molecule has 0 radical (unpaired) electrons. The zero-order chi connectivity index (χ0) is 83.5. The van der Waals surface area contributed by atoms with Crippen LogP contribution in [-0.4, -0.2) is 0 Å². The number of halogens is 2. The molecule has 626 valence electrons. The Bertz CT molecular complexity index is 6610. The highest BCUT2D eigenvalue weighted by atomic mass is 79.9. The summed E-state index contributed by atoms with van der Waals surface area (Å²) in [5, 5.41) is 11.2. The highest BCUT2D eigenvalue weighted by molar-refractivity contribution is 9.10. The molecule has 22 rings (SSSR count). The SMILES string of the molecule is Brc1ccc(C2CCCCC2)cc1.C.C.C.CC1(C)c2ccccc2-c2cc(Br)ccc21.CC1(C)c2ccccc2-c2cc(N(c3ccc(C4CCCCC4)cc3)c3ccc4ccccc4c3-c3ccccc3)ccc21.CC1(C)c2ccccc2-c2cc(Nc3ccc4ccccc4c3-c3ccccc3)ccc21.Nc1ccc2ccccc2c1-c1ccccc1. The summed E-state index contributed by atoms with van der Waals surface area (Å²) in [6.45, 7) is 14.0. The molecule has 2 saturated carbocycles. The second-order valence-electron chi connectivity index (χ2n) is 35.2. The Labute approximate surface area is 760 Å². The molecular formula is C120H117Br2N3. The van der Waals surface area contributed by atoms with Gasteiger partial charge in [0.1, 0.15) is 0 Å². The molecule has 3 nitrogen and oxygen atoms in total. The maximum Gasteiger partial charge on any atom is 0.0546 e. The van der Waals surface area contributed by atoms with Crippen molar-refractivity contribution in [2.75, 3.05) is 16.0 Å². The van der Waals surface area contributed by atoms with E-state index < -0.39 is 0 Å². The number of anilines is 6. The average molecular weight is 1760 g/mol. The number of rotatable bonds is 10. The fourth-order valence-corrected chi connectivity index (χ4v) is 20.9. The minimum absolute atomic E-state index is 0. The lowest BCUT2D eigenvalue weighted by atomic mass is 9.82. The van der Waals surface area contributed by atoms with Gasteiger partial charge in [0.25, 0.3) is 0 Å². The molecule has 5 aliphatic rings. The van der Waals surface area contributed by atoms with Crippen LogP contribution in [-0.2, 0) is 16.2 Å². The smallest absolute Gasteiger partial charge is 0.0546 e. The zero-order valence-corrected chi connectivity index (χ0v) is 74.0. The van der Waals surface area contributed by atoms with Crippen LogP contribution in [0.1, 0.15) is 184 Å². The van der Waals surface area contributed by atoms with E-state index in [1.165, 1.54) is 224 Å². The monoisotopic (exact) mass is 1760 g/mol. The van der Waals surface area contributed by atoms with Gasteiger partial charge < -0.3 is 16.0 Å². The predicted molar refractivity (Wildman–Crippen MR) is 550 cm³/mol. The molecule has 2 fully saturated rings. The summed E-state index contributed by atoms with van der Waals surface area (Å²) in [6, 6.07) is 136. The fraction of sp³-hybridized carbons (Fsp3) is 0.200. The molecule has 0 aromatic heterocycles. The first-order valence-electron chi connectivity index (χ1n) is 43.8. The quantitative estimate of drug-likeness (QED) is 0.134. The Morgan fingerprint density at radius 2 is 0.640 bits per heavy atom. The number of nitrogens with two attached hydrogens (primary N) is 1. The third-order valence-electron chi connectivity index (χ3n) is 26.6. The van der Waals surface area contributed by atoms with Crippen molar-refractivity contribution < 1.29 is 0 Å². The van der Waals surface area contributed by atoms with Crippen molar-refractivity contribution in [3.8, 4) is 66.8 Å². The van der Waals surface area contributed by atoms with Crippen LogP contribution in [0.2, 0.25) is 0 Å². The molecule has 0 heterocycles. The molecular weight excluding hydrogens is 1640 g/mol. The first kappa shape index (κ1) is 87.8. The molecule has 0 aliphatic heterocycles. The summed E-state index contributed by atoms with van der Waals surface area (Å²) in [4.78, 5) is 2.49. The van der Waals surface area contributed by atoms with Crippen LogP contribution in [0.4, 0.5) is 34.1 Å². The molecule has 0 saturated heterocycles. The second kappa shape index (κ2) is 38.2. The summed E-state index contributed by atoms with van der Waals surface area (Å²) >= 11 is 7.02. The zero-order valence-electron chi connectivity index (χ0n) is 70.8. The summed E-state index contributed by atoms with van der Waals surface area (Å²) in [6.07, 6.45) is 13.8. The van der Waals surface area contributed by atoms with E-state index in [9.17, 15) is 0 Å². The molecule has 17 aromatic carbocycles. The van der Waals surface area contributed by atoms with E-state index in [4.69, 9.17) is 5.73 Å². The maximum absolute atomic E-state index is 6.12. The summed E-state index contributed by atoms with van der Waals surface area (Å²) < 4.78 is 2.34. The lowest BCUT2D eigenvalue weighted by molar-refractivity contribution is 0.443. The standard InChI is InChI=1S/C43H39N.C31H25N.C16H13N.C15H13Br.C12H15Br.3CH4/c1-43(2)39-20-12-11-19-37(39)38-29-35(26-27-40(38)43)44(34-24-21-31(22-25-34)30-13-5-3-6-14-30)41-28-23-32-15-9-10-18-36(32)42(41)33-16-7-4-8-17-33;1-31(2)27-15-9-8-14-25(27)26-20-23(17-18-28(26)31)32-29-19-16-21-10-6-7-13-24(21)30(29)22-11-4-3-5-12-22;17-15-11-10-12-6-4-5-9-14(12)16(15)13-7-2-1-3-8-13;1-15(2)13-6-4-3-5-11(13)12-9-10(16)7-8-14(12)15;13-12-8-6-11(7-9-12)10-4-2-1-3-5-10;;;/h4,7-12,15-30H,3,5-6,13-14H2,1-2H3;3-20,32H,1-2H3;1-11H,17H2;3-9H,1-2H3;6-10H,1-5H2;3*1H4. The van der Waals surface area contributed by atoms with E-state index >= 15 is 0 Å². The van der Waals surface area contributed by atoms with Gasteiger partial charge >= 0.3 is 0 Å². The van der Waals surface area contributed by atoms with Crippen LogP contribution >= 0.6 is 31.9 Å². The van der Waals surface area contributed by atoms with Crippen molar-refractivity contribution in [1.29, 1.82) is 0 Å². The number of hydrogen-bond acceptors (Lipinski definition) is 3. The number of fused-ring (bicyclic) bond motifs is 12. The van der Waals surface area contributed by atoms with Crippen molar-refractivity contribution >= 4 is 98.3 Å². The fourth-order valence-electron chi connectivity index (χ4n) is 20.3. The summed E-state index contributed by atoms with van der Waals surface area (Å²) in [5.41, 5.74) is 39.8. The van der Waals surface area contributed by atoms with Crippen molar-refractivity contribution in [3.05, 3.63) is 430 Å². The lowest BCUT2D eigenvalue weighted by Gasteiger charge is -2.30. The molecule has 0 spiro atoms. The van der Waals surface area contributed by atoms with Crippen LogP contribution in [0, 0.1) is 0 Å². The third-order valence-corrected chi connectivity index (χ3v) is 27.7. The summed E-state index contributed by atoms with van der Waals surface area (Å²) in [7, 11) is 0. The average Bonchev–Trinajstić information content (AvgIpc) is 1.62. The number of nitrogens with zero attached hydrogens (tertiary/aromatic N) is 1. The van der Waals surface area contributed by atoms with E-state index in [1.54, 1.807) is 0 Å². The molecule has 5 aliphatic carbocycles. The van der Waals surface area contributed by atoms with Gasteiger partial charge in [0.05, 0.1) is 5.69 Å². The van der Waals surface area contributed by atoms with Crippen LogP contribution in [0.5, 0.6) is 0 Å². The third kappa shape index (κ3) is 17.7. The molecule has 0 amide bonds. The Morgan fingerprint density at radius 1 is 0.288 bits per heavy atom. The Balaban J connectivity index is 0.000000130. The van der Waals surface area contributed by atoms with Gasteiger partial charge in [-0.1, -0.05) is 431 Å². The van der Waals surface area contributed by atoms with Gasteiger partial charge in [0.15, 0.2) is 0 Å². The predicted octanol–water partition coefficient (Wildman–Crippen LogP) is 36.1. The molecule has 3 N–H and O–H groups in total. The molecule has 0 bridgehead atoms. The van der Waals surface area contributed by atoms with Gasteiger partial charge in [-0.3, -0.25) is 0 Å². The highest BCUT2D eigenvalue weighted by Crippen LogP contribution is 2.55. The minimum Gasteiger partial charge on any atom is -0.398 e. The van der Waals surface area contributed by atoms with Gasteiger partial charge in [0.2, 0.25) is 0 Å². The number of nitrogen functional groups attached to an aromatic ring is 1. The van der Waals surface area contributed by atoms with Crippen molar-refractivity contribution in [2.24, 2.45) is 0 Å². The van der Waals surface area contributed by atoms with E-state index in [-0.39, 0.29) is 38.5 Å². The first-order valence-corrected chi connectivity index (χ1v) is 45.4. The first-order chi connectivity index (χ1) is 59.5. The Kier molecular flexibility index (Phi) is 26.8. The van der Waals surface area contributed by atoms with Crippen LogP contribution in [0.15, 0.2) is 385 Å². The van der Waals surface area contributed by atoms with E-state index in [0.29, 0.717) is 5.92 Å². The van der Waals surface area contributed by atoms with E-state index in [0.717, 1.165) is 33.0 Å².